The van der Waals surface area contributed by atoms with Crippen LogP contribution in [0.2, 0.25) is 5.02 Å². The largest absolute Gasteiger partial charge is 0.309 e. The van der Waals surface area contributed by atoms with Crippen LogP contribution >= 0.6 is 27.5 Å². The molecular formula is C18H19BrClN5O. The number of rotatable bonds is 6. The van der Waals surface area contributed by atoms with Gasteiger partial charge in [-0.1, -0.05) is 23.7 Å². The van der Waals surface area contributed by atoms with Crippen LogP contribution in [0.25, 0.3) is 0 Å². The Bertz CT molecular complexity index is 934. The number of benzene rings is 1. The number of hydrogen-bond acceptors (Lipinski definition) is 3. The quantitative estimate of drug-likeness (QED) is 0.630. The second kappa shape index (κ2) is 8.05. The lowest BCUT2D eigenvalue weighted by molar-refractivity contribution is -0.116. The predicted molar refractivity (Wildman–Crippen MR) is 105 cm³/mol. The van der Waals surface area contributed by atoms with Gasteiger partial charge in [0.1, 0.15) is 0 Å². The van der Waals surface area contributed by atoms with Crippen molar-refractivity contribution in [1.82, 2.24) is 19.6 Å². The Balaban J connectivity index is 1.55. The van der Waals surface area contributed by atoms with Gasteiger partial charge in [0.2, 0.25) is 5.91 Å². The number of aryl methyl sites for hydroxylation is 2. The van der Waals surface area contributed by atoms with E-state index < -0.39 is 0 Å². The fraction of sp³-hybridized carbons (Fsp3) is 0.278. The van der Waals surface area contributed by atoms with E-state index in [2.05, 4.69) is 31.4 Å². The second-order valence-electron chi connectivity index (χ2n) is 6.03. The first kappa shape index (κ1) is 18.7. The molecule has 2 aromatic heterocycles. The highest BCUT2D eigenvalue weighted by molar-refractivity contribution is 9.10. The van der Waals surface area contributed by atoms with Gasteiger partial charge in [0.15, 0.2) is 5.82 Å². The molecule has 2 heterocycles. The lowest BCUT2D eigenvalue weighted by Gasteiger charge is -2.05. The first-order chi connectivity index (χ1) is 12.4. The lowest BCUT2D eigenvalue weighted by Crippen LogP contribution is -2.16. The fourth-order valence-corrected chi connectivity index (χ4v) is 3.14. The van der Waals surface area contributed by atoms with Crippen molar-refractivity contribution in [3.63, 3.8) is 0 Å². The van der Waals surface area contributed by atoms with Gasteiger partial charge in [-0.3, -0.25) is 14.2 Å². The summed E-state index contributed by atoms with van der Waals surface area (Å²) < 4.78 is 4.58. The Morgan fingerprint density at radius 1 is 1.27 bits per heavy atom. The molecule has 1 amide bonds. The van der Waals surface area contributed by atoms with Gasteiger partial charge in [0.05, 0.1) is 23.3 Å². The summed E-state index contributed by atoms with van der Waals surface area (Å²) in [6, 6.07) is 9.40. The number of hydrogen-bond donors (Lipinski definition) is 1. The highest BCUT2D eigenvalue weighted by Crippen LogP contribution is 2.20. The van der Waals surface area contributed by atoms with E-state index in [0.717, 1.165) is 21.4 Å². The van der Waals surface area contributed by atoms with Gasteiger partial charge in [0.25, 0.3) is 0 Å². The average molecular weight is 437 g/mol. The minimum atomic E-state index is -0.0957. The van der Waals surface area contributed by atoms with Crippen LogP contribution in [-0.2, 0) is 17.9 Å². The van der Waals surface area contributed by atoms with Crippen LogP contribution < -0.4 is 5.32 Å². The average Bonchev–Trinajstić information content (AvgIpc) is 3.12. The molecule has 0 radical (unpaired) electrons. The van der Waals surface area contributed by atoms with E-state index in [0.29, 0.717) is 30.4 Å². The Labute approximate surface area is 165 Å². The predicted octanol–water partition coefficient (Wildman–Crippen LogP) is 4.19. The summed E-state index contributed by atoms with van der Waals surface area (Å²) in [7, 11) is 0. The van der Waals surface area contributed by atoms with E-state index >= 15 is 0 Å². The van der Waals surface area contributed by atoms with Crippen molar-refractivity contribution in [1.29, 1.82) is 0 Å². The zero-order chi connectivity index (χ0) is 18.7. The number of amides is 1. The van der Waals surface area contributed by atoms with Crippen LogP contribution in [0.3, 0.4) is 0 Å². The Morgan fingerprint density at radius 2 is 2.08 bits per heavy atom. The van der Waals surface area contributed by atoms with Gasteiger partial charge in [-0.05, 0) is 47.5 Å². The molecule has 0 saturated carbocycles. The second-order valence-corrected chi connectivity index (χ2v) is 7.26. The molecule has 0 bridgehead atoms. The van der Waals surface area contributed by atoms with Crippen LogP contribution in [0.15, 0.2) is 41.0 Å². The number of carbonyl (C=O) groups excluding carboxylic acids is 1. The molecule has 0 spiro atoms. The van der Waals surface area contributed by atoms with Gasteiger partial charge < -0.3 is 5.32 Å². The third kappa shape index (κ3) is 4.53. The molecule has 0 aliphatic heterocycles. The first-order valence-corrected chi connectivity index (χ1v) is 9.37. The Hall–Kier alpha value is -2.12. The van der Waals surface area contributed by atoms with E-state index in [1.807, 2.05) is 49.0 Å². The zero-order valence-corrected chi connectivity index (χ0v) is 16.9. The molecule has 8 heteroatoms. The normalized spacial score (nSPS) is 10.9. The highest BCUT2D eigenvalue weighted by atomic mass is 79.9. The van der Waals surface area contributed by atoms with Gasteiger partial charge in [0, 0.05) is 29.4 Å². The van der Waals surface area contributed by atoms with Gasteiger partial charge in [-0.15, -0.1) is 0 Å². The Morgan fingerprint density at radius 3 is 2.77 bits per heavy atom. The smallest absolute Gasteiger partial charge is 0.227 e. The standard InChI is InChI=1S/C18H19BrClN5O/c1-12-18(19)13(2)25(22-12)9-7-17(26)21-16-6-8-24(23-16)11-14-4-3-5-15(20)10-14/h3-6,8,10H,7,9,11H2,1-2H3,(H,21,23,26). The summed E-state index contributed by atoms with van der Waals surface area (Å²) >= 11 is 9.49. The molecule has 0 aliphatic rings. The number of nitrogens with one attached hydrogen (secondary N) is 1. The third-order valence-corrected chi connectivity index (χ3v) is 5.37. The summed E-state index contributed by atoms with van der Waals surface area (Å²) in [4.78, 5) is 12.2. The molecule has 26 heavy (non-hydrogen) atoms. The van der Waals surface area contributed by atoms with E-state index in [-0.39, 0.29) is 5.91 Å². The third-order valence-electron chi connectivity index (χ3n) is 3.99. The minimum absolute atomic E-state index is 0.0957. The van der Waals surface area contributed by atoms with E-state index in [1.165, 1.54) is 0 Å². The molecule has 3 aromatic rings. The molecule has 0 unspecified atom stereocenters. The fourth-order valence-electron chi connectivity index (χ4n) is 2.64. The van der Waals surface area contributed by atoms with Gasteiger partial charge in [-0.2, -0.15) is 10.2 Å². The summed E-state index contributed by atoms with van der Waals surface area (Å²) in [6.07, 6.45) is 2.16. The zero-order valence-electron chi connectivity index (χ0n) is 14.5. The summed E-state index contributed by atoms with van der Waals surface area (Å²) in [5.41, 5.74) is 2.98. The lowest BCUT2D eigenvalue weighted by atomic mass is 10.2. The van der Waals surface area contributed by atoms with E-state index in [1.54, 1.807) is 10.7 Å². The maximum absolute atomic E-state index is 12.2. The monoisotopic (exact) mass is 435 g/mol. The number of anilines is 1. The molecule has 1 N–H and O–H groups in total. The highest BCUT2D eigenvalue weighted by Gasteiger charge is 2.11. The number of carbonyl (C=O) groups is 1. The SMILES string of the molecule is Cc1nn(CCC(=O)Nc2ccn(Cc3cccc(Cl)c3)n2)c(C)c1Br. The summed E-state index contributed by atoms with van der Waals surface area (Å²) in [6.45, 7) is 5.02. The molecule has 0 atom stereocenters. The van der Waals surface area contributed by atoms with Gasteiger partial charge in [-0.25, -0.2) is 0 Å². The summed E-state index contributed by atoms with van der Waals surface area (Å²) in [5.74, 6) is 0.438. The number of nitrogens with zero attached hydrogens (tertiary/aromatic N) is 4. The minimum Gasteiger partial charge on any atom is -0.309 e. The molecule has 0 saturated heterocycles. The first-order valence-electron chi connectivity index (χ1n) is 8.19. The van der Waals surface area contributed by atoms with Crippen molar-refractivity contribution >= 4 is 39.3 Å². The molecule has 3 rings (SSSR count). The maximum atomic E-state index is 12.2. The van der Waals surface area contributed by atoms with Crippen LogP contribution in [0, 0.1) is 13.8 Å². The van der Waals surface area contributed by atoms with Crippen molar-refractivity contribution in [2.75, 3.05) is 5.32 Å². The van der Waals surface area contributed by atoms with Crippen molar-refractivity contribution in [3.8, 4) is 0 Å². The maximum Gasteiger partial charge on any atom is 0.227 e. The molecule has 136 valence electrons. The van der Waals surface area contributed by atoms with Crippen LogP contribution in [0.4, 0.5) is 5.82 Å². The van der Waals surface area contributed by atoms with Crippen molar-refractivity contribution in [3.05, 3.63) is 63.0 Å². The molecule has 6 nitrogen and oxygen atoms in total. The number of halogens is 2. The van der Waals surface area contributed by atoms with Crippen LogP contribution in [-0.4, -0.2) is 25.5 Å². The number of aromatic nitrogens is 4. The van der Waals surface area contributed by atoms with Crippen molar-refractivity contribution in [2.24, 2.45) is 0 Å². The van der Waals surface area contributed by atoms with Gasteiger partial charge >= 0.3 is 0 Å². The van der Waals surface area contributed by atoms with Crippen LogP contribution in [0.1, 0.15) is 23.4 Å². The van der Waals surface area contributed by atoms with Crippen molar-refractivity contribution < 1.29 is 4.79 Å². The molecular weight excluding hydrogens is 418 g/mol. The van der Waals surface area contributed by atoms with E-state index in [4.69, 9.17) is 11.6 Å². The molecule has 0 fully saturated rings. The topological polar surface area (TPSA) is 64.7 Å². The summed E-state index contributed by atoms with van der Waals surface area (Å²) in [5, 5.41) is 12.3. The van der Waals surface area contributed by atoms with Crippen molar-refractivity contribution in [2.45, 2.75) is 33.4 Å². The van der Waals surface area contributed by atoms with E-state index in [9.17, 15) is 4.79 Å². The molecule has 1 aromatic carbocycles. The Kier molecular flexibility index (Phi) is 5.78. The van der Waals surface area contributed by atoms with Crippen LogP contribution in [0.5, 0.6) is 0 Å². The molecule has 0 aliphatic carbocycles.